The Bertz CT molecular complexity index is 41.8. The van der Waals surface area contributed by atoms with E-state index in [0.717, 1.165) is 6.61 Å². The van der Waals surface area contributed by atoms with Gasteiger partial charge < -0.3 is 4.52 Å². The molecule has 0 aliphatic carbocycles. The lowest BCUT2D eigenvalue weighted by molar-refractivity contribution is 0.380. The van der Waals surface area contributed by atoms with Gasteiger partial charge in [0.15, 0.2) is 0 Å². The predicted molar refractivity (Wildman–Crippen MR) is 39.6 cm³/mol. The summed E-state index contributed by atoms with van der Waals surface area (Å²) in [5, 5.41) is 0. The summed E-state index contributed by atoms with van der Waals surface area (Å²) in [6.07, 6.45) is 2.51. The molecule has 0 saturated heterocycles. The maximum Gasteiger partial charge on any atom is 0.0480 e. The predicted octanol–water partition coefficient (Wildman–Crippen LogP) is 2.46. The molecule has 0 bridgehead atoms. The van der Waals surface area contributed by atoms with Crippen LogP contribution in [0, 0.1) is 0 Å². The molecule has 0 amide bonds. The molecule has 0 N–H and O–H groups in total. The van der Waals surface area contributed by atoms with Crippen molar-refractivity contribution in [3.8, 4) is 0 Å². The minimum absolute atomic E-state index is 0.0808. The Hall–Kier alpha value is 0.390. The van der Waals surface area contributed by atoms with Crippen molar-refractivity contribution in [3.63, 3.8) is 0 Å². The standard InChI is InChI=1S/C6H15OP/c1-4-6-8(3)7-5-2/h4-6H2,1-3H3. The van der Waals surface area contributed by atoms with E-state index in [0.29, 0.717) is 0 Å². The number of hydrogen-bond acceptors (Lipinski definition) is 1. The van der Waals surface area contributed by atoms with Crippen molar-refractivity contribution >= 4 is 8.15 Å². The third-order valence-electron chi connectivity index (χ3n) is 0.888. The van der Waals surface area contributed by atoms with Crippen LogP contribution in [-0.4, -0.2) is 19.4 Å². The molecular weight excluding hydrogens is 119 g/mol. The van der Waals surface area contributed by atoms with Gasteiger partial charge in [0.1, 0.15) is 0 Å². The molecule has 2 heteroatoms. The Morgan fingerprint density at radius 2 is 2.00 bits per heavy atom. The first kappa shape index (κ1) is 8.39. The summed E-state index contributed by atoms with van der Waals surface area (Å²) in [7, 11) is -0.0808. The Labute approximate surface area is 53.3 Å². The lowest BCUT2D eigenvalue weighted by Gasteiger charge is -2.07. The van der Waals surface area contributed by atoms with E-state index in [1.54, 1.807) is 0 Å². The van der Waals surface area contributed by atoms with Crippen LogP contribution in [0.4, 0.5) is 0 Å². The highest BCUT2D eigenvalue weighted by atomic mass is 31.1. The second-order valence-corrected chi connectivity index (χ2v) is 3.73. The summed E-state index contributed by atoms with van der Waals surface area (Å²) < 4.78 is 5.35. The molecule has 1 unspecified atom stereocenters. The zero-order valence-corrected chi connectivity index (χ0v) is 6.87. The molecule has 0 aliphatic heterocycles. The second kappa shape index (κ2) is 5.53. The van der Waals surface area contributed by atoms with Crippen molar-refractivity contribution in [2.45, 2.75) is 20.3 Å². The van der Waals surface area contributed by atoms with Crippen LogP contribution in [0.25, 0.3) is 0 Å². The van der Waals surface area contributed by atoms with Crippen LogP contribution in [0.3, 0.4) is 0 Å². The van der Waals surface area contributed by atoms with Gasteiger partial charge in [-0.15, -0.1) is 0 Å². The highest BCUT2D eigenvalue weighted by Gasteiger charge is 1.95. The largest absolute Gasteiger partial charge is 0.360 e. The fraction of sp³-hybridized carbons (Fsp3) is 1.00. The molecule has 0 radical (unpaired) electrons. The van der Waals surface area contributed by atoms with Crippen molar-refractivity contribution in [2.24, 2.45) is 0 Å². The summed E-state index contributed by atoms with van der Waals surface area (Å²) in [5.41, 5.74) is 0. The van der Waals surface area contributed by atoms with Gasteiger partial charge in [-0.3, -0.25) is 0 Å². The first-order valence-electron chi connectivity index (χ1n) is 3.15. The number of hydrogen-bond donors (Lipinski definition) is 0. The lowest BCUT2D eigenvalue weighted by atomic mass is 10.6. The SMILES string of the molecule is CCCP(C)OCC. The summed E-state index contributed by atoms with van der Waals surface area (Å²) in [4.78, 5) is 0. The van der Waals surface area contributed by atoms with Crippen LogP contribution in [0.15, 0.2) is 0 Å². The molecule has 0 saturated carbocycles. The third kappa shape index (κ3) is 4.55. The van der Waals surface area contributed by atoms with Gasteiger partial charge in [0.2, 0.25) is 0 Å². The zero-order valence-electron chi connectivity index (χ0n) is 5.98. The van der Waals surface area contributed by atoms with E-state index in [1.807, 2.05) is 0 Å². The first-order valence-corrected chi connectivity index (χ1v) is 5.04. The van der Waals surface area contributed by atoms with Crippen LogP contribution < -0.4 is 0 Å². The molecule has 1 nitrogen and oxygen atoms in total. The quantitative estimate of drug-likeness (QED) is 0.536. The first-order chi connectivity index (χ1) is 3.81. The number of rotatable bonds is 4. The average molecular weight is 134 g/mol. The van der Waals surface area contributed by atoms with E-state index < -0.39 is 0 Å². The highest BCUT2D eigenvalue weighted by molar-refractivity contribution is 7.51. The summed E-state index contributed by atoms with van der Waals surface area (Å²) in [6, 6.07) is 0. The molecular formula is C6H15OP. The topological polar surface area (TPSA) is 9.23 Å². The molecule has 0 rings (SSSR count). The van der Waals surface area contributed by atoms with Crippen LogP contribution in [-0.2, 0) is 4.52 Å². The minimum atomic E-state index is -0.0808. The molecule has 50 valence electrons. The van der Waals surface area contributed by atoms with E-state index in [4.69, 9.17) is 4.52 Å². The lowest BCUT2D eigenvalue weighted by Crippen LogP contribution is -1.85. The van der Waals surface area contributed by atoms with Crippen LogP contribution in [0.1, 0.15) is 20.3 Å². The van der Waals surface area contributed by atoms with Crippen LogP contribution >= 0.6 is 8.15 Å². The smallest absolute Gasteiger partial charge is 0.0480 e. The van der Waals surface area contributed by atoms with E-state index in [2.05, 4.69) is 20.5 Å². The fourth-order valence-corrected chi connectivity index (χ4v) is 1.80. The maximum atomic E-state index is 5.35. The van der Waals surface area contributed by atoms with Gasteiger partial charge in [-0.25, -0.2) is 0 Å². The average Bonchev–Trinajstić information content (AvgIpc) is 1.68. The molecule has 0 aromatic carbocycles. The molecule has 0 fully saturated rings. The van der Waals surface area contributed by atoms with Crippen LogP contribution in [0.5, 0.6) is 0 Å². The molecule has 1 atom stereocenters. The molecule has 0 aliphatic rings. The molecule has 0 heterocycles. The summed E-state index contributed by atoms with van der Waals surface area (Å²) >= 11 is 0. The fourth-order valence-electron chi connectivity index (χ4n) is 0.600. The van der Waals surface area contributed by atoms with Crippen molar-refractivity contribution < 1.29 is 4.52 Å². The molecule has 0 spiro atoms. The Balaban J connectivity index is 2.92. The minimum Gasteiger partial charge on any atom is -0.360 e. The van der Waals surface area contributed by atoms with Crippen molar-refractivity contribution in [1.82, 2.24) is 0 Å². The van der Waals surface area contributed by atoms with Gasteiger partial charge in [-0.1, -0.05) is 13.3 Å². The molecule has 0 aromatic rings. The van der Waals surface area contributed by atoms with Gasteiger partial charge in [-0.05, 0) is 19.8 Å². The van der Waals surface area contributed by atoms with Gasteiger partial charge >= 0.3 is 0 Å². The van der Waals surface area contributed by atoms with Crippen molar-refractivity contribution in [3.05, 3.63) is 0 Å². The third-order valence-corrected chi connectivity index (χ3v) is 2.66. The van der Waals surface area contributed by atoms with E-state index >= 15 is 0 Å². The van der Waals surface area contributed by atoms with Crippen LogP contribution in [0.2, 0.25) is 0 Å². The second-order valence-electron chi connectivity index (χ2n) is 1.77. The van der Waals surface area contributed by atoms with Gasteiger partial charge in [0, 0.05) is 14.8 Å². The summed E-state index contributed by atoms with van der Waals surface area (Å²) in [6.45, 7) is 7.30. The summed E-state index contributed by atoms with van der Waals surface area (Å²) in [5.74, 6) is 0. The zero-order chi connectivity index (χ0) is 6.41. The maximum absolute atomic E-state index is 5.35. The van der Waals surface area contributed by atoms with Crippen molar-refractivity contribution in [2.75, 3.05) is 19.4 Å². The van der Waals surface area contributed by atoms with E-state index in [-0.39, 0.29) is 8.15 Å². The van der Waals surface area contributed by atoms with Crippen molar-refractivity contribution in [1.29, 1.82) is 0 Å². The Morgan fingerprint density at radius 3 is 2.38 bits per heavy atom. The molecule has 0 aromatic heterocycles. The van der Waals surface area contributed by atoms with Gasteiger partial charge in [0.05, 0.1) is 0 Å². The normalized spacial score (nSPS) is 13.9. The van der Waals surface area contributed by atoms with E-state index in [9.17, 15) is 0 Å². The molecule has 8 heavy (non-hydrogen) atoms. The highest BCUT2D eigenvalue weighted by Crippen LogP contribution is 2.31. The van der Waals surface area contributed by atoms with Gasteiger partial charge in [0.25, 0.3) is 0 Å². The van der Waals surface area contributed by atoms with Gasteiger partial charge in [-0.2, -0.15) is 0 Å². The van der Waals surface area contributed by atoms with E-state index in [1.165, 1.54) is 12.6 Å². The Morgan fingerprint density at radius 1 is 1.38 bits per heavy atom. The Kier molecular flexibility index (Phi) is 5.79. The monoisotopic (exact) mass is 134 g/mol.